The van der Waals surface area contributed by atoms with Crippen LogP contribution in [0, 0.1) is 11.8 Å². The molecule has 2 aromatic carbocycles. The van der Waals surface area contributed by atoms with Crippen molar-refractivity contribution < 1.29 is 28.7 Å². The topological polar surface area (TPSA) is 175 Å². The van der Waals surface area contributed by atoms with E-state index in [9.17, 15) is 19.2 Å². The molecular formula is C40H51ClN8O6. The molecule has 2 aliphatic rings. The third-order valence-electron chi connectivity index (χ3n) is 10.4. The van der Waals surface area contributed by atoms with Crippen LogP contribution in [-0.2, 0) is 19.1 Å². The molecule has 2 aliphatic heterocycles. The first-order valence-electron chi connectivity index (χ1n) is 18.6. The van der Waals surface area contributed by atoms with Crippen LogP contribution in [0.1, 0.15) is 77.1 Å². The third kappa shape index (κ3) is 8.96. The van der Waals surface area contributed by atoms with Gasteiger partial charge in [0.25, 0.3) is 0 Å². The summed E-state index contributed by atoms with van der Waals surface area (Å²) < 4.78 is 9.50. The van der Waals surface area contributed by atoms with Gasteiger partial charge in [-0.1, -0.05) is 76.2 Å². The lowest BCUT2D eigenvalue weighted by molar-refractivity contribution is -0.136. The van der Waals surface area contributed by atoms with E-state index < -0.39 is 24.3 Å². The summed E-state index contributed by atoms with van der Waals surface area (Å²) in [6.45, 7) is 8.78. The highest BCUT2D eigenvalue weighted by molar-refractivity contribution is 5.87. The largest absolute Gasteiger partial charge is 0.453 e. The van der Waals surface area contributed by atoms with Gasteiger partial charge >= 0.3 is 12.2 Å². The van der Waals surface area contributed by atoms with Crippen molar-refractivity contribution in [2.75, 3.05) is 27.3 Å². The quantitative estimate of drug-likeness (QED) is 0.131. The number of nitrogens with zero attached hydrogens (tertiary/aromatic N) is 4. The number of benzene rings is 2. The Hall–Kier alpha value is -5.37. The Kier molecular flexibility index (Phi) is 13.2. The zero-order valence-corrected chi connectivity index (χ0v) is 32.9. The van der Waals surface area contributed by atoms with Gasteiger partial charge < -0.3 is 39.9 Å². The molecule has 2 fully saturated rings. The monoisotopic (exact) mass is 774 g/mol. The number of amides is 4. The van der Waals surface area contributed by atoms with Gasteiger partial charge in [0.1, 0.15) is 23.7 Å². The van der Waals surface area contributed by atoms with Crippen molar-refractivity contribution in [3.05, 3.63) is 72.6 Å². The molecule has 55 heavy (non-hydrogen) atoms. The number of likely N-dealkylation sites (tertiary alicyclic amines) is 2. The lowest BCUT2D eigenvalue weighted by Gasteiger charge is -2.30. The highest BCUT2D eigenvalue weighted by atomic mass is 35.5. The van der Waals surface area contributed by atoms with Crippen molar-refractivity contribution in [1.82, 2.24) is 40.4 Å². The number of imidazole rings is 2. The summed E-state index contributed by atoms with van der Waals surface area (Å²) in [7, 11) is 2.58. The number of hydrogen-bond acceptors (Lipinski definition) is 8. The van der Waals surface area contributed by atoms with Crippen LogP contribution in [0.3, 0.4) is 0 Å². The van der Waals surface area contributed by atoms with Gasteiger partial charge in [-0.3, -0.25) is 9.59 Å². The van der Waals surface area contributed by atoms with Crippen molar-refractivity contribution in [3.63, 3.8) is 0 Å². The number of H-pyrrole nitrogens is 2. The average molecular weight is 775 g/mol. The minimum Gasteiger partial charge on any atom is -0.453 e. The number of aromatic amines is 2. The lowest BCUT2D eigenvalue weighted by atomic mass is 10.0. The molecule has 294 valence electrons. The minimum atomic E-state index is -0.687. The summed E-state index contributed by atoms with van der Waals surface area (Å²) in [6.07, 6.45) is 5.61. The second-order valence-corrected chi connectivity index (χ2v) is 14.6. The second kappa shape index (κ2) is 17.8. The molecule has 2 saturated heterocycles. The number of alkyl carbamates (subject to hydrolysis) is 2. The standard InChI is InChI=1S/C40H50N8O6.ClH/c1-23(2)33(45-39(51)53-5)37(49)47-19-7-9-31(47)35-41-21-29(43-35)27-15-11-25(12-16-27)26-13-17-28(18-14-26)30-22-42-36(44-30)32-10-8-20-48(32)38(50)34(24(3)4)46-40(52)54-6;/h11-18,21-24,31-34H,7-10,19-20H2,1-6H3,(H,41,43)(H,42,44)(H,45,51)(H,46,52);1H. The van der Waals surface area contributed by atoms with Crippen molar-refractivity contribution in [3.8, 4) is 33.6 Å². The Morgan fingerprint density at radius 1 is 0.636 bits per heavy atom. The summed E-state index contributed by atoms with van der Waals surface area (Å²) in [4.78, 5) is 70.7. The van der Waals surface area contributed by atoms with E-state index in [4.69, 9.17) is 9.47 Å². The molecule has 2 aromatic heterocycles. The van der Waals surface area contributed by atoms with Crippen molar-refractivity contribution >= 4 is 36.4 Å². The molecule has 14 nitrogen and oxygen atoms in total. The Balaban J connectivity index is 0.00000580. The SMILES string of the molecule is COC(=O)NC(C(=O)N1CCCC1c1ncc(-c2ccc(-c3ccc(-c4cnc(C5CCCN5C(=O)C(NC(=O)OC)C(C)C)[nH]4)cc3)cc2)[nH]1)C(C)C.Cl. The number of rotatable bonds is 11. The summed E-state index contributed by atoms with van der Waals surface area (Å²) in [5.41, 5.74) is 5.78. The number of methoxy groups -OCH3 is 2. The van der Waals surface area contributed by atoms with E-state index in [0.717, 1.165) is 71.0 Å². The maximum atomic E-state index is 13.5. The molecule has 0 radical (unpaired) electrons. The van der Waals surface area contributed by atoms with Crippen LogP contribution in [0.5, 0.6) is 0 Å². The van der Waals surface area contributed by atoms with Crippen LogP contribution >= 0.6 is 12.4 Å². The zero-order chi connectivity index (χ0) is 38.5. The number of carbonyl (C=O) groups is 4. The zero-order valence-electron chi connectivity index (χ0n) is 32.1. The number of nitrogens with one attached hydrogen (secondary N) is 4. The van der Waals surface area contributed by atoms with E-state index in [1.54, 1.807) is 22.2 Å². The van der Waals surface area contributed by atoms with Gasteiger partial charge in [-0.25, -0.2) is 19.6 Å². The normalized spacial score (nSPS) is 17.8. The Bertz CT molecular complexity index is 1800. The second-order valence-electron chi connectivity index (χ2n) is 14.6. The fourth-order valence-electron chi connectivity index (χ4n) is 7.38. The molecule has 0 bridgehead atoms. The van der Waals surface area contributed by atoms with E-state index in [2.05, 4.69) is 54.8 Å². The molecule has 4 N–H and O–H groups in total. The van der Waals surface area contributed by atoms with Crippen molar-refractivity contribution in [2.45, 2.75) is 77.5 Å². The van der Waals surface area contributed by atoms with Gasteiger partial charge in [-0.15, -0.1) is 12.4 Å². The predicted octanol–water partition coefficient (Wildman–Crippen LogP) is 6.64. The molecule has 15 heteroatoms. The number of hydrogen-bond donors (Lipinski definition) is 4. The third-order valence-corrected chi connectivity index (χ3v) is 10.4. The Morgan fingerprint density at radius 2 is 0.982 bits per heavy atom. The van der Waals surface area contributed by atoms with Gasteiger partial charge in [-0.2, -0.15) is 0 Å². The number of ether oxygens (including phenoxy) is 2. The molecule has 4 amide bonds. The first kappa shape index (κ1) is 40.8. The molecule has 4 unspecified atom stereocenters. The first-order valence-corrected chi connectivity index (χ1v) is 18.6. The van der Waals surface area contributed by atoms with Gasteiger partial charge in [-0.05, 0) is 59.8 Å². The minimum absolute atomic E-state index is 0. The maximum Gasteiger partial charge on any atom is 0.407 e. The Morgan fingerprint density at radius 3 is 1.31 bits per heavy atom. The van der Waals surface area contributed by atoms with E-state index in [-0.39, 0.29) is 48.1 Å². The van der Waals surface area contributed by atoms with Crippen LogP contribution in [0.25, 0.3) is 33.6 Å². The van der Waals surface area contributed by atoms with Gasteiger partial charge in [0.15, 0.2) is 0 Å². The van der Waals surface area contributed by atoms with E-state index in [1.165, 1.54) is 14.2 Å². The Labute approximate surface area is 327 Å². The fraction of sp³-hybridized carbons (Fsp3) is 0.450. The summed E-state index contributed by atoms with van der Waals surface area (Å²) in [5.74, 6) is 0.955. The smallest absolute Gasteiger partial charge is 0.407 e. The predicted molar refractivity (Wildman–Crippen MR) is 210 cm³/mol. The average Bonchev–Trinajstić information content (AvgIpc) is 4.02. The van der Waals surface area contributed by atoms with Crippen molar-refractivity contribution in [2.24, 2.45) is 11.8 Å². The molecule has 0 saturated carbocycles. The number of halogens is 1. The van der Waals surface area contributed by atoms with Crippen LogP contribution in [0.15, 0.2) is 60.9 Å². The lowest BCUT2D eigenvalue weighted by Crippen LogP contribution is -2.51. The fourth-order valence-corrected chi connectivity index (χ4v) is 7.38. The molecule has 4 atom stereocenters. The molecule has 0 spiro atoms. The molecule has 4 heterocycles. The first-order chi connectivity index (χ1) is 26.0. The maximum absolute atomic E-state index is 13.5. The summed E-state index contributed by atoms with van der Waals surface area (Å²) >= 11 is 0. The molecule has 6 rings (SSSR count). The van der Waals surface area contributed by atoms with Crippen LogP contribution in [0.4, 0.5) is 9.59 Å². The highest BCUT2D eigenvalue weighted by Gasteiger charge is 2.39. The van der Waals surface area contributed by atoms with Gasteiger partial charge in [0.2, 0.25) is 11.8 Å². The molecule has 4 aromatic rings. The van der Waals surface area contributed by atoms with Gasteiger partial charge in [0.05, 0.1) is 50.1 Å². The summed E-state index contributed by atoms with van der Waals surface area (Å²) in [5, 5.41) is 5.38. The van der Waals surface area contributed by atoms with Gasteiger partial charge in [0, 0.05) is 13.1 Å². The van der Waals surface area contributed by atoms with E-state index in [1.807, 2.05) is 52.0 Å². The van der Waals surface area contributed by atoms with Crippen LogP contribution in [0.2, 0.25) is 0 Å². The number of aromatic nitrogens is 4. The van der Waals surface area contributed by atoms with E-state index >= 15 is 0 Å². The highest BCUT2D eigenvalue weighted by Crippen LogP contribution is 2.35. The van der Waals surface area contributed by atoms with Crippen LogP contribution in [-0.4, -0.2) is 93.1 Å². The molecule has 0 aliphatic carbocycles. The van der Waals surface area contributed by atoms with E-state index in [0.29, 0.717) is 13.1 Å². The number of carbonyl (C=O) groups excluding carboxylic acids is 4. The summed E-state index contributed by atoms with van der Waals surface area (Å²) in [6, 6.07) is 14.7. The van der Waals surface area contributed by atoms with Crippen molar-refractivity contribution in [1.29, 1.82) is 0 Å². The molecular weight excluding hydrogens is 724 g/mol. The van der Waals surface area contributed by atoms with Crippen LogP contribution < -0.4 is 10.6 Å².